The van der Waals surface area contributed by atoms with E-state index in [4.69, 9.17) is 10.5 Å². The second kappa shape index (κ2) is 3.80. The molecule has 2 atom stereocenters. The second-order valence-electron chi connectivity index (χ2n) is 4.40. The molecular formula is C12H16BrNO. The summed E-state index contributed by atoms with van der Waals surface area (Å²) in [7, 11) is 0. The summed E-state index contributed by atoms with van der Waals surface area (Å²) in [5.74, 6) is 0.924. The maximum absolute atomic E-state index is 6.15. The van der Waals surface area contributed by atoms with E-state index in [1.807, 2.05) is 18.2 Å². The molecule has 0 aliphatic carbocycles. The molecule has 0 fully saturated rings. The van der Waals surface area contributed by atoms with Crippen molar-refractivity contribution in [3.63, 3.8) is 0 Å². The molecule has 2 nitrogen and oxygen atoms in total. The van der Waals surface area contributed by atoms with Gasteiger partial charge in [-0.2, -0.15) is 0 Å². The Hall–Kier alpha value is -0.540. The minimum atomic E-state index is -0.118. The van der Waals surface area contributed by atoms with Gasteiger partial charge in [-0.05, 0) is 25.5 Å². The number of hydrogen-bond acceptors (Lipinski definition) is 2. The van der Waals surface area contributed by atoms with Gasteiger partial charge in [0.2, 0.25) is 0 Å². The fraction of sp³-hybridized carbons (Fsp3) is 0.500. The third-order valence-electron chi connectivity index (χ3n) is 3.13. The van der Waals surface area contributed by atoms with Crippen LogP contribution in [-0.2, 0) is 0 Å². The van der Waals surface area contributed by atoms with Gasteiger partial charge < -0.3 is 10.5 Å². The highest BCUT2D eigenvalue weighted by Gasteiger charge is 2.34. The highest BCUT2D eigenvalue weighted by atomic mass is 79.9. The van der Waals surface area contributed by atoms with Gasteiger partial charge in [0.1, 0.15) is 11.4 Å². The van der Waals surface area contributed by atoms with Crippen molar-refractivity contribution in [2.45, 2.75) is 38.3 Å². The Kier molecular flexibility index (Phi) is 2.77. The standard InChI is InChI=1S/C12H16BrNO/c1-3-12(2)7-10(14)9-5-4-8(13)6-11(9)15-12/h4-6,10H,3,7,14H2,1-2H3/t10-,12?/m1/s1. The normalized spacial score (nSPS) is 29.5. The maximum Gasteiger partial charge on any atom is 0.126 e. The largest absolute Gasteiger partial charge is 0.487 e. The Morgan fingerprint density at radius 1 is 1.60 bits per heavy atom. The van der Waals surface area contributed by atoms with Crippen molar-refractivity contribution in [3.05, 3.63) is 28.2 Å². The minimum absolute atomic E-state index is 0.0896. The molecule has 1 aromatic carbocycles. The third kappa shape index (κ3) is 2.04. The molecule has 3 heteroatoms. The number of benzene rings is 1. The summed E-state index contributed by atoms with van der Waals surface area (Å²) in [5, 5.41) is 0. The summed E-state index contributed by atoms with van der Waals surface area (Å²) in [6.07, 6.45) is 1.87. The summed E-state index contributed by atoms with van der Waals surface area (Å²) in [6.45, 7) is 4.26. The van der Waals surface area contributed by atoms with Gasteiger partial charge in [-0.15, -0.1) is 0 Å². The van der Waals surface area contributed by atoms with Crippen LogP contribution in [0.2, 0.25) is 0 Å². The van der Waals surface area contributed by atoms with E-state index in [1.165, 1.54) is 0 Å². The summed E-state index contributed by atoms with van der Waals surface area (Å²) in [5.41, 5.74) is 7.15. The van der Waals surface area contributed by atoms with Crippen molar-refractivity contribution in [1.82, 2.24) is 0 Å². The zero-order chi connectivity index (χ0) is 11.1. The number of hydrogen-bond donors (Lipinski definition) is 1. The zero-order valence-electron chi connectivity index (χ0n) is 9.09. The summed E-state index contributed by atoms with van der Waals surface area (Å²) < 4.78 is 7.05. The van der Waals surface area contributed by atoms with Gasteiger partial charge in [0.15, 0.2) is 0 Å². The lowest BCUT2D eigenvalue weighted by molar-refractivity contribution is 0.0502. The first-order valence-electron chi connectivity index (χ1n) is 5.28. The van der Waals surface area contributed by atoms with Crippen molar-refractivity contribution in [2.24, 2.45) is 5.73 Å². The molecule has 82 valence electrons. The molecule has 2 rings (SSSR count). The predicted octanol–water partition coefficient (Wildman–Crippen LogP) is 3.40. The molecule has 0 radical (unpaired) electrons. The molecule has 1 unspecified atom stereocenters. The van der Waals surface area contributed by atoms with Gasteiger partial charge in [0.05, 0.1) is 0 Å². The monoisotopic (exact) mass is 269 g/mol. The molecule has 15 heavy (non-hydrogen) atoms. The smallest absolute Gasteiger partial charge is 0.126 e. The first-order valence-corrected chi connectivity index (χ1v) is 6.07. The molecule has 0 amide bonds. The van der Waals surface area contributed by atoms with E-state index in [0.29, 0.717) is 0 Å². The van der Waals surface area contributed by atoms with E-state index in [1.54, 1.807) is 0 Å². The highest BCUT2D eigenvalue weighted by Crippen LogP contribution is 2.40. The number of ether oxygens (including phenoxy) is 1. The molecule has 0 bridgehead atoms. The molecule has 2 N–H and O–H groups in total. The van der Waals surface area contributed by atoms with E-state index in [-0.39, 0.29) is 11.6 Å². The van der Waals surface area contributed by atoms with Crippen LogP contribution in [0.4, 0.5) is 0 Å². The molecule has 0 spiro atoms. The van der Waals surface area contributed by atoms with Gasteiger partial charge in [0.25, 0.3) is 0 Å². The quantitative estimate of drug-likeness (QED) is 0.848. The lowest BCUT2D eigenvalue weighted by Crippen LogP contribution is -2.39. The number of fused-ring (bicyclic) bond motifs is 1. The summed E-state index contributed by atoms with van der Waals surface area (Å²) in [4.78, 5) is 0. The second-order valence-corrected chi connectivity index (χ2v) is 5.31. The fourth-order valence-corrected chi connectivity index (χ4v) is 2.34. The lowest BCUT2D eigenvalue weighted by atomic mass is 9.87. The van der Waals surface area contributed by atoms with E-state index in [0.717, 1.165) is 28.6 Å². The van der Waals surface area contributed by atoms with Crippen LogP contribution in [0.25, 0.3) is 0 Å². The van der Waals surface area contributed by atoms with E-state index in [2.05, 4.69) is 29.8 Å². The van der Waals surface area contributed by atoms with E-state index < -0.39 is 0 Å². The summed E-state index contributed by atoms with van der Waals surface area (Å²) >= 11 is 3.45. The van der Waals surface area contributed by atoms with Crippen LogP contribution < -0.4 is 10.5 Å². The van der Waals surface area contributed by atoms with Gasteiger partial charge in [-0.25, -0.2) is 0 Å². The molecule has 0 saturated carbocycles. The van der Waals surface area contributed by atoms with E-state index >= 15 is 0 Å². The molecular weight excluding hydrogens is 254 g/mol. The third-order valence-corrected chi connectivity index (χ3v) is 3.62. The number of rotatable bonds is 1. The summed E-state index contributed by atoms with van der Waals surface area (Å²) in [6, 6.07) is 6.14. The van der Waals surface area contributed by atoms with Gasteiger partial charge >= 0.3 is 0 Å². The average Bonchev–Trinajstić information content (AvgIpc) is 2.16. The van der Waals surface area contributed by atoms with Crippen LogP contribution in [0.1, 0.15) is 38.3 Å². The Morgan fingerprint density at radius 2 is 2.33 bits per heavy atom. The van der Waals surface area contributed by atoms with Crippen LogP contribution >= 0.6 is 15.9 Å². The van der Waals surface area contributed by atoms with Crippen molar-refractivity contribution >= 4 is 15.9 Å². The molecule has 1 aliphatic heterocycles. The molecule has 1 aliphatic rings. The Labute approximate surface area is 98.9 Å². The number of nitrogens with two attached hydrogens (primary N) is 1. The topological polar surface area (TPSA) is 35.2 Å². The van der Waals surface area contributed by atoms with Crippen molar-refractivity contribution < 1.29 is 4.74 Å². The van der Waals surface area contributed by atoms with Gasteiger partial charge in [-0.1, -0.05) is 28.9 Å². The van der Waals surface area contributed by atoms with Crippen molar-refractivity contribution in [2.75, 3.05) is 0 Å². The first kappa shape index (κ1) is 11.0. The SMILES string of the molecule is CCC1(C)C[C@@H](N)c2ccc(Br)cc2O1. The Bertz CT molecular complexity index is 380. The van der Waals surface area contributed by atoms with Crippen LogP contribution in [0, 0.1) is 0 Å². The van der Waals surface area contributed by atoms with Gasteiger partial charge in [0, 0.05) is 22.5 Å². The Morgan fingerprint density at radius 3 is 3.00 bits per heavy atom. The van der Waals surface area contributed by atoms with Crippen LogP contribution in [0.3, 0.4) is 0 Å². The van der Waals surface area contributed by atoms with E-state index in [9.17, 15) is 0 Å². The molecule has 0 aromatic heterocycles. The van der Waals surface area contributed by atoms with Gasteiger partial charge in [-0.3, -0.25) is 0 Å². The van der Waals surface area contributed by atoms with Crippen LogP contribution in [-0.4, -0.2) is 5.60 Å². The average molecular weight is 270 g/mol. The lowest BCUT2D eigenvalue weighted by Gasteiger charge is -2.38. The molecule has 1 aromatic rings. The zero-order valence-corrected chi connectivity index (χ0v) is 10.7. The Balaban J connectivity index is 2.41. The molecule has 1 heterocycles. The fourth-order valence-electron chi connectivity index (χ4n) is 2.00. The van der Waals surface area contributed by atoms with Crippen molar-refractivity contribution in [3.8, 4) is 5.75 Å². The molecule has 0 saturated heterocycles. The predicted molar refractivity (Wildman–Crippen MR) is 65.0 cm³/mol. The number of halogens is 1. The minimum Gasteiger partial charge on any atom is -0.487 e. The highest BCUT2D eigenvalue weighted by molar-refractivity contribution is 9.10. The van der Waals surface area contributed by atoms with Crippen LogP contribution in [0.15, 0.2) is 22.7 Å². The van der Waals surface area contributed by atoms with Crippen molar-refractivity contribution in [1.29, 1.82) is 0 Å². The first-order chi connectivity index (χ1) is 7.04. The maximum atomic E-state index is 6.15. The van der Waals surface area contributed by atoms with Crippen LogP contribution in [0.5, 0.6) is 5.75 Å².